The van der Waals surface area contributed by atoms with Gasteiger partial charge in [-0.05, 0) is 32.9 Å². The molecule has 0 unspecified atom stereocenters. The number of fused-ring (bicyclic) bond motifs is 1. The number of benzene rings is 1. The van der Waals surface area contributed by atoms with Crippen molar-refractivity contribution in [2.45, 2.75) is 26.3 Å². The SMILES string of the molecule is CCOc1nc(C(=O)N2c3ccccc3N(C)CC2(C)C)co1. The van der Waals surface area contributed by atoms with Crippen LogP contribution in [0.1, 0.15) is 31.3 Å². The summed E-state index contributed by atoms with van der Waals surface area (Å²) >= 11 is 0. The molecule has 0 radical (unpaired) electrons. The molecule has 0 N–H and O–H groups in total. The van der Waals surface area contributed by atoms with Crippen molar-refractivity contribution in [1.29, 1.82) is 0 Å². The molecule has 0 bridgehead atoms. The monoisotopic (exact) mass is 315 g/mol. The number of nitrogens with zero attached hydrogens (tertiary/aromatic N) is 3. The van der Waals surface area contributed by atoms with Crippen LogP contribution in [0.5, 0.6) is 6.08 Å². The minimum absolute atomic E-state index is 0.121. The van der Waals surface area contributed by atoms with Gasteiger partial charge in [0.05, 0.1) is 23.5 Å². The molecule has 6 nitrogen and oxygen atoms in total. The maximum absolute atomic E-state index is 13.0. The van der Waals surface area contributed by atoms with Gasteiger partial charge in [0, 0.05) is 13.6 Å². The van der Waals surface area contributed by atoms with Gasteiger partial charge in [0.25, 0.3) is 5.91 Å². The lowest BCUT2D eigenvalue weighted by atomic mass is 9.95. The molecule has 6 heteroatoms. The molecule has 1 aromatic carbocycles. The van der Waals surface area contributed by atoms with E-state index >= 15 is 0 Å². The first-order valence-electron chi connectivity index (χ1n) is 7.67. The average Bonchev–Trinajstić information content (AvgIpc) is 2.95. The van der Waals surface area contributed by atoms with E-state index in [2.05, 4.69) is 9.88 Å². The summed E-state index contributed by atoms with van der Waals surface area (Å²) < 4.78 is 10.4. The number of anilines is 2. The van der Waals surface area contributed by atoms with E-state index < -0.39 is 0 Å². The molecule has 0 saturated heterocycles. The van der Waals surface area contributed by atoms with Crippen LogP contribution in [0, 0.1) is 0 Å². The van der Waals surface area contributed by atoms with Crippen LogP contribution in [-0.4, -0.2) is 36.6 Å². The van der Waals surface area contributed by atoms with Crippen molar-refractivity contribution in [2.75, 3.05) is 30.0 Å². The zero-order valence-electron chi connectivity index (χ0n) is 13.9. The fraction of sp³-hybridized carbons (Fsp3) is 0.412. The van der Waals surface area contributed by atoms with E-state index in [1.54, 1.807) is 4.90 Å². The molecule has 1 amide bonds. The van der Waals surface area contributed by atoms with Crippen LogP contribution in [-0.2, 0) is 0 Å². The number of likely N-dealkylation sites (N-methyl/N-ethyl adjacent to an activating group) is 1. The zero-order chi connectivity index (χ0) is 16.6. The fourth-order valence-corrected chi connectivity index (χ4v) is 3.08. The molecule has 0 atom stereocenters. The Hall–Kier alpha value is -2.50. The first-order valence-corrected chi connectivity index (χ1v) is 7.67. The van der Waals surface area contributed by atoms with Gasteiger partial charge >= 0.3 is 6.08 Å². The smallest absolute Gasteiger partial charge is 0.394 e. The van der Waals surface area contributed by atoms with Crippen LogP contribution in [0.25, 0.3) is 0 Å². The summed E-state index contributed by atoms with van der Waals surface area (Å²) in [6.45, 7) is 7.09. The number of aromatic nitrogens is 1. The Balaban J connectivity index is 2.02. The average molecular weight is 315 g/mol. The van der Waals surface area contributed by atoms with Crippen molar-refractivity contribution < 1.29 is 13.9 Å². The molecule has 3 rings (SSSR count). The van der Waals surface area contributed by atoms with Gasteiger partial charge in [-0.15, -0.1) is 0 Å². The Bertz CT molecular complexity index is 723. The van der Waals surface area contributed by atoms with Crippen LogP contribution in [0.15, 0.2) is 34.9 Å². The van der Waals surface area contributed by atoms with Crippen molar-refractivity contribution >= 4 is 17.3 Å². The lowest BCUT2D eigenvalue weighted by Gasteiger charge is -2.47. The number of carbonyl (C=O) groups excluding carboxylic acids is 1. The number of para-hydroxylation sites is 2. The predicted molar refractivity (Wildman–Crippen MR) is 88.3 cm³/mol. The lowest BCUT2D eigenvalue weighted by molar-refractivity contribution is 0.0956. The second kappa shape index (κ2) is 5.61. The Morgan fingerprint density at radius 2 is 2.04 bits per heavy atom. The lowest BCUT2D eigenvalue weighted by Crippen LogP contribution is -2.57. The summed E-state index contributed by atoms with van der Waals surface area (Å²) in [6.07, 6.45) is 1.47. The molecule has 2 heterocycles. The van der Waals surface area contributed by atoms with E-state index in [-0.39, 0.29) is 23.2 Å². The molecule has 1 aliphatic heterocycles. The van der Waals surface area contributed by atoms with Crippen molar-refractivity contribution in [3.63, 3.8) is 0 Å². The summed E-state index contributed by atoms with van der Waals surface area (Å²) in [5, 5.41) is 0. The van der Waals surface area contributed by atoms with Crippen LogP contribution in [0.3, 0.4) is 0 Å². The molecule has 0 saturated carbocycles. The molecule has 0 fully saturated rings. The van der Waals surface area contributed by atoms with Crippen molar-refractivity contribution in [3.05, 3.63) is 36.2 Å². The Morgan fingerprint density at radius 1 is 1.35 bits per heavy atom. The summed E-state index contributed by atoms with van der Waals surface area (Å²) in [6, 6.07) is 7.87. The Morgan fingerprint density at radius 3 is 2.74 bits per heavy atom. The van der Waals surface area contributed by atoms with Crippen LogP contribution in [0.2, 0.25) is 0 Å². The summed E-state index contributed by atoms with van der Waals surface area (Å²) in [5.74, 6) is -0.190. The second-order valence-electron chi connectivity index (χ2n) is 6.23. The van der Waals surface area contributed by atoms with Crippen molar-refractivity contribution in [3.8, 4) is 6.08 Å². The molecule has 122 valence electrons. The van der Waals surface area contributed by atoms with E-state index in [4.69, 9.17) is 9.15 Å². The quantitative estimate of drug-likeness (QED) is 0.871. The Kier molecular flexibility index (Phi) is 3.75. The number of hydrogen-bond donors (Lipinski definition) is 0. The maximum Gasteiger partial charge on any atom is 0.394 e. The van der Waals surface area contributed by atoms with Gasteiger partial charge in [-0.2, -0.15) is 4.98 Å². The largest absolute Gasteiger partial charge is 0.450 e. The van der Waals surface area contributed by atoms with Crippen LogP contribution in [0.4, 0.5) is 11.4 Å². The van der Waals surface area contributed by atoms with E-state index in [1.165, 1.54) is 6.26 Å². The topological polar surface area (TPSA) is 58.8 Å². The number of hydrogen-bond acceptors (Lipinski definition) is 5. The minimum Gasteiger partial charge on any atom is -0.450 e. The minimum atomic E-state index is -0.370. The fourth-order valence-electron chi connectivity index (χ4n) is 3.08. The molecule has 0 spiro atoms. The highest BCUT2D eigenvalue weighted by Crippen LogP contribution is 2.39. The molecular formula is C17H21N3O3. The second-order valence-corrected chi connectivity index (χ2v) is 6.23. The third kappa shape index (κ3) is 2.65. The summed E-state index contributed by atoms with van der Waals surface area (Å²) in [4.78, 5) is 21.1. The van der Waals surface area contributed by atoms with Gasteiger partial charge in [0.15, 0.2) is 5.69 Å². The van der Waals surface area contributed by atoms with E-state index in [0.717, 1.165) is 17.9 Å². The van der Waals surface area contributed by atoms with Crippen LogP contribution < -0.4 is 14.5 Å². The van der Waals surface area contributed by atoms with Gasteiger partial charge in [0.1, 0.15) is 6.26 Å². The molecule has 23 heavy (non-hydrogen) atoms. The standard InChI is InChI=1S/C17H21N3O3/c1-5-22-16-18-12(10-23-16)15(21)20-14-9-7-6-8-13(14)19(4)11-17(20,2)3/h6-10H,5,11H2,1-4H3. The van der Waals surface area contributed by atoms with Gasteiger partial charge in [-0.3, -0.25) is 9.69 Å². The molecule has 1 aromatic heterocycles. The Labute approximate surface area is 135 Å². The van der Waals surface area contributed by atoms with Crippen molar-refractivity contribution in [1.82, 2.24) is 4.98 Å². The number of carbonyl (C=O) groups is 1. The zero-order valence-corrected chi connectivity index (χ0v) is 13.9. The van der Waals surface area contributed by atoms with Gasteiger partial charge < -0.3 is 14.1 Å². The normalized spacial score (nSPS) is 16.2. The highest BCUT2D eigenvalue weighted by molar-refractivity contribution is 6.08. The van der Waals surface area contributed by atoms with E-state index in [9.17, 15) is 4.79 Å². The van der Waals surface area contributed by atoms with Gasteiger partial charge in [-0.25, -0.2) is 0 Å². The third-order valence-electron chi connectivity index (χ3n) is 3.94. The van der Waals surface area contributed by atoms with Crippen molar-refractivity contribution in [2.24, 2.45) is 0 Å². The third-order valence-corrected chi connectivity index (χ3v) is 3.94. The van der Waals surface area contributed by atoms with E-state index in [1.807, 2.05) is 52.1 Å². The molecular weight excluding hydrogens is 294 g/mol. The van der Waals surface area contributed by atoms with Gasteiger partial charge in [-0.1, -0.05) is 12.1 Å². The van der Waals surface area contributed by atoms with E-state index in [0.29, 0.717) is 6.61 Å². The highest BCUT2D eigenvalue weighted by atomic mass is 16.6. The predicted octanol–water partition coefficient (Wildman–Crippen LogP) is 2.95. The first-order chi connectivity index (χ1) is 10.9. The molecule has 2 aromatic rings. The van der Waals surface area contributed by atoms with Gasteiger partial charge in [0.2, 0.25) is 0 Å². The molecule has 1 aliphatic rings. The summed E-state index contributed by atoms with van der Waals surface area (Å²) in [5.41, 5.74) is 1.78. The molecule has 0 aliphatic carbocycles. The number of rotatable bonds is 3. The highest BCUT2D eigenvalue weighted by Gasteiger charge is 2.40. The first kappa shape index (κ1) is 15.4. The number of oxazole rings is 1. The van der Waals surface area contributed by atoms with Crippen LogP contribution >= 0.6 is 0 Å². The number of ether oxygens (including phenoxy) is 1. The maximum atomic E-state index is 13.0. The number of amides is 1. The summed E-state index contributed by atoms with van der Waals surface area (Å²) in [7, 11) is 2.03.